The van der Waals surface area contributed by atoms with Crippen LogP contribution in [-0.4, -0.2) is 43.3 Å². The largest absolute Gasteiger partial charge is 0.434 e. The standard InChI is InChI=1S/C16H22F2N2O3/c1-3-22-12-6-5-9-20(10-12)16(21)19-13-7-4-8-14(11(13)2)23-15(17)18/h4,7-8,12,15H,3,5-6,9-10H2,1-2H3,(H,19,21)/t12-/m1/s1. The number of likely N-dealkylation sites (tertiary alicyclic amines) is 1. The summed E-state index contributed by atoms with van der Waals surface area (Å²) in [5.74, 6) is 0.0589. The third-order valence-electron chi connectivity index (χ3n) is 3.81. The van der Waals surface area contributed by atoms with E-state index in [1.54, 1.807) is 24.0 Å². The van der Waals surface area contributed by atoms with Gasteiger partial charge in [0.1, 0.15) is 5.75 Å². The number of alkyl halides is 2. The van der Waals surface area contributed by atoms with Gasteiger partial charge in [-0.15, -0.1) is 0 Å². The Kier molecular flexibility index (Phi) is 6.15. The number of nitrogens with one attached hydrogen (secondary N) is 1. The van der Waals surface area contributed by atoms with Crippen LogP contribution < -0.4 is 10.1 Å². The Balaban J connectivity index is 2.02. The minimum absolute atomic E-state index is 0.0501. The van der Waals surface area contributed by atoms with Gasteiger partial charge in [-0.1, -0.05) is 6.07 Å². The molecule has 0 unspecified atom stereocenters. The van der Waals surface area contributed by atoms with Gasteiger partial charge in [0.15, 0.2) is 0 Å². The maximum absolute atomic E-state index is 12.4. The van der Waals surface area contributed by atoms with Crippen molar-refractivity contribution in [2.75, 3.05) is 25.0 Å². The van der Waals surface area contributed by atoms with Crippen LogP contribution in [-0.2, 0) is 4.74 Å². The van der Waals surface area contributed by atoms with Gasteiger partial charge in [0.05, 0.1) is 6.10 Å². The van der Waals surface area contributed by atoms with Crippen LogP contribution in [0.2, 0.25) is 0 Å². The molecule has 1 N–H and O–H groups in total. The number of ether oxygens (including phenoxy) is 2. The van der Waals surface area contributed by atoms with Gasteiger partial charge in [-0.3, -0.25) is 0 Å². The molecule has 2 amide bonds. The van der Waals surface area contributed by atoms with Crippen LogP contribution in [0.3, 0.4) is 0 Å². The van der Waals surface area contributed by atoms with E-state index >= 15 is 0 Å². The van der Waals surface area contributed by atoms with Gasteiger partial charge in [0.25, 0.3) is 0 Å². The van der Waals surface area contributed by atoms with E-state index in [0.717, 1.165) is 12.8 Å². The fourth-order valence-electron chi connectivity index (χ4n) is 2.66. The molecular weight excluding hydrogens is 306 g/mol. The van der Waals surface area contributed by atoms with Crippen LogP contribution in [0.4, 0.5) is 19.3 Å². The summed E-state index contributed by atoms with van der Waals surface area (Å²) in [4.78, 5) is 14.1. The number of hydrogen-bond donors (Lipinski definition) is 1. The van der Waals surface area contributed by atoms with Crippen molar-refractivity contribution in [3.05, 3.63) is 23.8 Å². The number of amides is 2. The second-order valence-corrected chi connectivity index (χ2v) is 5.40. The summed E-state index contributed by atoms with van der Waals surface area (Å²) >= 11 is 0. The number of carbonyl (C=O) groups is 1. The highest BCUT2D eigenvalue weighted by Crippen LogP contribution is 2.27. The van der Waals surface area contributed by atoms with Crippen LogP contribution in [0.5, 0.6) is 5.75 Å². The zero-order valence-corrected chi connectivity index (χ0v) is 13.4. The van der Waals surface area contributed by atoms with Crippen molar-refractivity contribution in [3.8, 4) is 5.75 Å². The molecule has 1 aliphatic heterocycles. The Morgan fingerprint density at radius 2 is 2.26 bits per heavy atom. The summed E-state index contributed by atoms with van der Waals surface area (Å²) in [6, 6.07) is 4.42. The van der Waals surface area contributed by atoms with Gasteiger partial charge < -0.3 is 19.7 Å². The minimum Gasteiger partial charge on any atom is -0.434 e. The van der Waals surface area contributed by atoms with Crippen molar-refractivity contribution < 1.29 is 23.0 Å². The molecule has 0 radical (unpaired) electrons. The Bertz CT molecular complexity index is 538. The molecule has 1 saturated heterocycles. The highest BCUT2D eigenvalue weighted by Gasteiger charge is 2.24. The molecular formula is C16H22F2N2O3. The summed E-state index contributed by atoms with van der Waals surface area (Å²) in [5, 5.41) is 2.76. The van der Waals surface area contributed by atoms with Crippen LogP contribution in [0.1, 0.15) is 25.3 Å². The summed E-state index contributed by atoms with van der Waals surface area (Å²) in [7, 11) is 0. The first-order valence-corrected chi connectivity index (χ1v) is 7.73. The first-order chi connectivity index (χ1) is 11.0. The average Bonchev–Trinajstić information content (AvgIpc) is 2.51. The van der Waals surface area contributed by atoms with Crippen molar-refractivity contribution in [1.29, 1.82) is 0 Å². The van der Waals surface area contributed by atoms with E-state index in [2.05, 4.69) is 10.1 Å². The van der Waals surface area contributed by atoms with Crippen molar-refractivity contribution in [1.82, 2.24) is 4.90 Å². The van der Waals surface area contributed by atoms with E-state index in [9.17, 15) is 13.6 Å². The number of anilines is 1. The quantitative estimate of drug-likeness (QED) is 0.898. The number of halogens is 2. The zero-order chi connectivity index (χ0) is 16.8. The normalized spacial score (nSPS) is 18.1. The van der Waals surface area contributed by atoms with E-state index in [4.69, 9.17) is 4.74 Å². The Morgan fingerprint density at radius 3 is 2.96 bits per heavy atom. The van der Waals surface area contributed by atoms with E-state index in [1.807, 2.05) is 6.92 Å². The number of piperidine rings is 1. The Labute approximate surface area is 134 Å². The maximum atomic E-state index is 12.4. The number of benzene rings is 1. The molecule has 23 heavy (non-hydrogen) atoms. The van der Waals surface area contributed by atoms with E-state index < -0.39 is 6.61 Å². The first kappa shape index (κ1) is 17.5. The lowest BCUT2D eigenvalue weighted by Gasteiger charge is -2.32. The van der Waals surface area contributed by atoms with E-state index in [-0.39, 0.29) is 17.9 Å². The average molecular weight is 328 g/mol. The molecule has 1 heterocycles. The molecule has 1 aromatic rings. The van der Waals surface area contributed by atoms with Gasteiger partial charge in [-0.2, -0.15) is 8.78 Å². The maximum Gasteiger partial charge on any atom is 0.387 e. The highest BCUT2D eigenvalue weighted by atomic mass is 19.3. The Hall–Kier alpha value is -1.89. The Morgan fingerprint density at radius 1 is 1.48 bits per heavy atom. The molecule has 1 atom stereocenters. The third kappa shape index (κ3) is 4.79. The fraction of sp³-hybridized carbons (Fsp3) is 0.562. The SMILES string of the molecule is CCO[C@@H]1CCCN(C(=O)Nc2cccc(OC(F)F)c2C)C1. The van der Waals surface area contributed by atoms with Crippen LogP contribution in [0.15, 0.2) is 18.2 Å². The molecule has 1 fully saturated rings. The third-order valence-corrected chi connectivity index (χ3v) is 3.81. The fourth-order valence-corrected chi connectivity index (χ4v) is 2.66. The van der Waals surface area contributed by atoms with Crippen LogP contribution >= 0.6 is 0 Å². The number of carbonyl (C=O) groups excluding carboxylic acids is 1. The van der Waals surface area contributed by atoms with Gasteiger partial charge in [0.2, 0.25) is 0 Å². The van der Waals surface area contributed by atoms with Crippen molar-refractivity contribution in [2.45, 2.75) is 39.4 Å². The summed E-state index contributed by atoms with van der Waals surface area (Å²) in [6.45, 7) is 2.47. The smallest absolute Gasteiger partial charge is 0.387 e. The molecule has 0 aliphatic carbocycles. The van der Waals surface area contributed by atoms with E-state index in [0.29, 0.717) is 30.9 Å². The molecule has 1 aliphatic rings. The molecule has 0 bridgehead atoms. The molecule has 2 rings (SSSR count). The molecule has 128 valence electrons. The van der Waals surface area contributed by atoms with Gasteiger partial charge in [-0.05, 0) is 38.8 Å². The monoisotopic (exact) mass is 328 g/mol. The van der Waals surface area contributed by atoms with Crippen molar-refractivity contribution >= 4 is 11.7 Å². The zero-order valence-electron chi connectivity index (χ0n) is 13.4. The first-order valence-electron chi connectivity index (χ1n) is 7.73. The molecule has 0 saturated carbocycles. The van der Waals surface area contributed by atoms with Crippen LogP contribution in [0, 0.1) is 6.92 Å². The number of hydrogen-bond acceptors (Lipinski definition) is 3. The summed E-state index contributed by atoms with van der Waals surface area (Å²) in [5.41, 5.74) is 0.936. The van der Waals surface area contributed by atoms with E-state index in [1.165, 1.54) is 6.07 Å². The highest BCUT2D eigenvalue weighted by molar-refractivity contribution is 5.90. The number of urea groups is 1. The molecule has 5 nitrogen and oxygen atoms in total. The van der Waals surface area contributed by atoms with Crippen molar-refractivity contribution in [3.63, 3.8) is 0 Å². The van der Waals surface area contributed by atoms with Crippen molar-refractivity contribution in [2.24, 2.45) is 0 Å². The lowest BCUT2D eigenvalue weighted by atomic mass is 10.1. The minimum atomic E-state index is -2.89. The molecule has 0 aromatic heterocycles. The number of rotatable bonds is 5. The summed E-state index contributed by atoms with van der Waals surface area (Å²) < 4.78 is 34.8. The molecule has 0 spiro atoms. The van der Waals surface area contributed by atoms with Gasteiger partial charge in [-0.25, -0.2) is 4.79 Å². The molecule has 7 heteroatoms. The lowest BCUT2D eigenvalue weighted by Crippen LogP contribution is -2.45. The van der Waals surface area contributed by atoms with Gasteiger partial charge in [0, 0.05) is 30.9 Å². The number of nitrogens with zero attached hydrogens (tertiary/aromatic N) is 1. The second kappa shape index (κ2) is 8.10. The van der Waals surface area contributed by atoms with Gasteiger partial charge >= 0.3 is 12.6 Å². The predicted molar refractivity (Wildman–Crippen MR) is 83.1 cm³/mol. The summed E-state index contributed by atoms with van der Waals surface area (Å²) in [6.07, 6.45) is 1.87. The topological polar surface area (TPSA) is 50.8 Å². The van der Waals surface area contributed by atoms with Crippen LogP contribution in [0.25, 0.3) is 0 Å². The predicted octanol–water partition coefficient (Wildman–Crippen LogP) is 3.63. The lowest BCUT2D eigenvalue weighted by molar-refractivity contribution is -0.0502. The second-order valence-electron chi connectivity index (χ2n) is 5.40. The molecule has 1 aromatic carbocycles.